The van der Waals surface area contributed by atoms with E-state index in [1.54, 1.807) is 0 Å². The Morgan fingerprint density at radius 1 is 0.700 bits per heavy atom. The minimum atomic E-state index is 0.473. The molecule has 3 nitrogen and oxygen atoms in total. The number of nitrogens with zero attached hydrogens (tertiary/aromatic N) is 2. The molecule has 0 radical (unpaired) electrons. The second-order valence-corrected chi connectivity index (χ2v) is 8.96. The molecule has 1 fully saturated rings. The van der Waals surface area contributed by atoms with Gasteiger partial charge in [-0.1, -0.05) is 81.5 Å². The second kappa shape index (κ2) is 10.8. The molecular weight excluding hydrogens is 390 g/mol. The third-order valence-electron chi connectivity index (χ3n) is 6.15. The van der Waals surface area contributed by atoms with Gasteiger partial charge in [0.05, 0.1) is 5.52 Å². The summed E-state index contributed by atoms with van der Waals surface area (Å²) in [4.78, 5) is 9.78. The van der Waals surface area contributed by atoms with Crippen molar-refractivity contribution < 1.29 is 0 Å². The number of halogens is 1. The first kappa shape index (κ1) is 21.1. The zero-order valence-corrected chi connectivity index (χ0v) is 18.5. The fraction of sp³-hybridized carbons (Fsp3) is 0.462. The summed E-state index contributed by atoms with van der Waals surface area (Å²) in [7, 11) is 0. The Morgan fingerprint density at radius 2 is 1.30 bits per heavy atom. The largest absolute Gasteiger partial charge is 0.367 e. The molecule has 1 aromatic heterocycles. The zero-order chi connectivity index (χ0) is 20.6. The molecule has 158 valence electrons. The molecule has 2 aromatic carbocycles. The Kier molecular flexibility index (Phi) is 7.58. The van der Waals surface area contributed by atoms with Crippen LogP contribution >= 0.6 is 11.6 Å². The highest BCUT2D eigenvalue weighted by Gasteiger charge is 2.14. The predicted molar refractivity (Wildman–Crippen MR) is 128 cm³/mol. The van der Waals surface area contributed by atoms with E-state index < -0.39 is 0 Å². The van der Waals surface area contributed by atoms with Crippen LogP contribution in [-0.2, 0) is 0 Å². The second-order valence-electron chi connectivity index (χ2n) is 8.52. The van der Waals surface area contributed by atoms with Crippen LogP contribution in [0.1, 0.15) is 70.6 Å². The molecule has 3 aromatic rings. The summed E-state index contributed by atoms with van der Waals surface area (Å²) in [6.07, 6.45) is 14.7. The van der Waals surface area contributed by atoms with Crippen LogP contribution in [0.3, 0.4) is 0 Å². The maximum atomic E-state index is 6.08. The van der Waals surface area contributed by atoms with E-state index in [4.69, 9.17) is 21.6 Å². The van der Waals surface area contributed by atoms with Gasteiger partial charge in [-0.05, 0) is 49.2 Å². The summed E-state index contributed by atoms with van der Waals surface area (Å²) < 4.78 is 0. The number of benzene rings is 2. The average Bonchev–Trinajstić information content (AvgIpc) is 2.76. The highest BCUT2D eigenvalue weighted by Crippen LogP contribution is 2.28. The quantitative estimate of drug-likeness (QED) is 0.464. The van der Waals surface area contributed by atoms with Gasteiger partial charge in [0.25, 0.3) is 0 Å². The van der Waals surface area contributed by atoms with Gasteiger partial charge in [0.2, 0.25) is 0 Å². The number of hydrogen-bond acceptors (Lipinski definition) is 3. The number of rotatable bonds is 3. The van der Waals surface area contributed by atoms with Crippen molar-refractivity contribution in [1.82, 2.24) is 9.97 Å². The fourth-order valence-electron chi connectivity index (χ4n) is 4.42. The predicted octanol–water partition coefficient (Wildman–Crippen LogP) is 8.04. The van der Waals surface area contributed by atoms with E-state index in [-0.39, 0.29) is 0 Å². The Morgan fingerprint density at radius 3 is 1.97 bits per heavy atom. The first-order chi connectivity index (χ1) is 14.8. The van der Waals surface area contributed by atoms with E-state index in [0.29, 0.717) is 6.04 Å². The topological polar surface area (TPSA) is 37.8 Å². The number of hydrogen-bond donors (Lipinski definition) is 1. The normalized spacial score (nSPS) is 17.2. The Labute approximate surface area is 185 Å². The molecule has 1 aliphatic carbocycles. The SMILES string of the molecule is Clc1ccc(-c2nc(NC3CCCCCCCCCCC3)c3ccccc3n2)cc1. The monoisotopic (exact) mass is 421 g/mol. The first-order valence-electron chi connectivity index (χ1n) is 11.6. The highest BCUT2D eigenvalue weighted by molar-refractivity contribution is 6.30. The van der Waals surface area contributed by atoms with Crippen LogP contribution < -0.4 is 5.32 Å². The molecule has 1 aliphatic rings. The maximum Gasteiger partial charge on any atom is 0.162 e. The standard InChI is InChI=1S/C26H32ClN3/c27-21-18-16-20(17-19-21)25-29-24-15-11-10-14-23(24)26(30-25)28-22-12-8-6-4-2-1-3-5-7-9-13-22/h10-11,14-19,22H,1-9,12-13H2,(H,28,29,30). The molecule has 0 bridgehead atoms. The van der Waals surface area contributed by atoms with E-state index in [9.17, 15) is 0 Å². The van der Waals surface area contributed by atoms with Crippen LogP contribution in [0.5, 0.6) is 0 Å². The summed E-state index contributed by atoms with van der Waals surface area (Å²) in [5.74, 6) is 1.71. The molecule has 30 heavy (non-hydrogen) atoms. The maximum absolute atomic E-state index is 6.08. The van der Waals surface area contributed by atoms with Crippen LogP contribution in [0.2, 0.25) is 5.02 Å². The van der Waals surface area contributed by atoms with Gasteiger partial charge in [0, 0.05) is 22.0 Å². The van der Waals surface area contributed by atoms with Gasteiger partial charge in [-0.15, -0.1) is 0 Å². The molecule has 4 rings (SSSR count). The van der Waals surface area contributed by atoms with Gasteiger partial charge >= 0.3 is 0 Å². The number of anilines is 1. The Bertz CT molecular complexity index is 927. The third-order valence-corrected chi connectivity index (χ3v) is 6.40. The first-order valence-corrected chi connectivity index (χ1v) is 12.0. The van der Waals surface area contributed by atoms with Gasteiger partial charge in [-0.25, -0.2) is 9.97 Å². The molecule has 0 spiro atoms. The van der Waals surface area contributed by atoms with Crippen molar-refractivity contribution in [3.8, 4) is 11.4 Å². The van der Waals surface area contributed by atoms with Gasteiger partial charge in [0.1, 0.15) is 5.82 Å². The van der Waals surface area contributed by atoms with Crippen molar-refractivity contribution in [2.45, 2.75) is 76.7 Å². The summed E-state index contributed by atoms with van der Waals surface area (Å²) in [5.41, 5.74) is 1.97. The van der Waals surface area contributed by atoms with Crippen LogP contribution in [-0.4, -0.2) is 16.0 Å². The minimum Gasteiger partial charge on any atom is -0.367 e. The lowest BCUT2D eigenvalue weighted by atomic mass is 9.98. The van der Waals surface area contributed by atoms with Gasteiger partial charge in [0.15, 0.2) is 5.82 Å². The lowest BCUT2D eigenvalue weighted by molar-refractivity contribution is 0.480. The fourth-order valence-corrected chi connectivity index (χ4v) is 4.54. The van der Waals surface area contributed by atoms with Crippen molar-refractivity contribution >= 4 is 28.3 Å². The molecule has 1 N–H and O–H groups in total. The summed E-state index contributed by atoms with van der Waals surface area (Å²) in [5, 5.41) is 5.65. The van der Waals surface area contributed by atoms with Gasteiger partial charge in [-0.2, -0.15) is 0 Å². The molecule has 4 heteroatoms. The van der Waals surface area contributed by atoms with Crippen molar-refractivity contribution in [3.05, 3.63) is 53.6 Å². The molecule has 0 atom stereocenters. The number of aromatic nitrogens is 2. The molecule has 0 unspecified atom stereocenters. The summed E-state index contributed by atoms with van der Waals surface area (Å²) >= 11 is 6.08. The molecule has 0 amide bonds. The molecule has 0 saturated heterocycles. The molecular formula is C26H32ClN3. The smallest absolute Gasteiger partial charge is 0.162 e. The number of fused-ring (bicyclic) bond motifs is 1. The van der Waals surface area contributed by atoms with Crippen molar-refractivity contribution in [1.29, 1.82) is 0 Å². The molecule has 1 saturated carbocycles. The van der Waals surface area contributed by atoms with Crippen LogP contribution in [0.15, 0.2) is 48.5 Å². The Hall–Kier alpha value is -2.13. The minimum absolute atomic E-state index is 0.473. The van der Waals surface area contributed by atoms with Gasteiger partial charge in [-0.3, -0.25) is 0 Å². The van der Waals surface area contributed by atoms with Crippen molar-refractivity contribution in [3.63, 3.8) is 0 Å². The average molecular weight is 422 g/mol. The van der Waals surface area contributed by atoms with Crippen LogP contribution in [0.25, 0.3) is 22.3 Å². The molecule has 0 aliphatic heterocycles. The highest BCUT2D eigenvalue weighted by atomic mass is 35.5. The number of para-hydroxylation sites is 1. The summed E-state index contributed by atoms with van der Waals surface area (Å²) in [6, 6.07) is 16.6. The van der Waals surface area contributed by atoms with E-state index >= 15 is 0 Å². The van der Waals surface area contributed by atoms with Gasteiger partial charge < -0.3 is 5.32 Å². The van der Waals surface area contributed by atoms with Crippen LogP contribution in [0, 0.1) is 0 Å². The van der Waals surface area contributed by atoms with Crippen molar-refractivity contribution in [2.75, 3.05) is 5.32 Å². The Balaban J connectivity index is 1.60. The van der Waals surface area contributed by atoms with E-state index in [1.807, 2.05) is 30.3 Å². The number of nitrogens with one attached hydrogen (secondary N) is 1. The lowest BCUT2D eigenvalue weighted by Gasteiger charge is -2.21. The third kappa shape index (κ3) is 5.72. The molecule has 1 heterocycles. The van der Waals surface area contributed by atoms with Crippen LogP contribution in [0.4, 0.5) is 5.82 Å². The van der Waals surface area contributed by atoms with E-state index in [1.165, 1.54) is 70.6 Å². The van der Waals surface area contributed by atoms with E-state index in [2.05, 4.69) is 23.5 Å². The summed E-state index contributed by atoms with van der Waals surface area (Å²) in [6.45, 7) is 0. The lowest BCUT2D eigenvalue weighted by Crippen LogP contribution is -2.21. The van der Waals surface area contributed by atoms with Crippen molar-refractivity contribution in [2.24, 2.45) is 0 Å². The zero-order valence-electron chi connectivity index (χ0n) is 17.7. The van der Waals surface area contributed by atoms with E-state index in [0.717, 1.165) is 33.1 Å².